The Bertz CT molecular complexity index is 325. The molecule has 0 radical (unpaired) electrons. The Morgan fingerprint density at radius 1 is 1.25 bits per heavy atom. The van der Waals surface area contributed by atoms with Crippen molar-refractivity contribution >= 4 is 5.91 Å². The third-order valence-electron chi connectivity index (χ3n) is 4.37. The summed E-state index contributed by atoms with van der Waals surface area (Å²) in [4.78, 5) is 16.8. The van der Waals surface area contributed by atoms with Crippen LogP contribution in [0.5, 0.6) is 0 Å². The molecule has 1 unspecified atom stereocenters. The number of nitrogens with one attached hydrogen (secondary N) is 1. The molecule has 2 aliphatic rings. The van der Waals surface area contributed by atoms with E-state index >= 15 is 0 Å². The molecule has 0 spiro atoms. The Morgan fingerprint density at radius 3 is 2.40 bits per heavy atom. The summed E-state index contributed by atoms with van der Waals surface area (Å²) in [5.41, 5.74) is 0.317. The molecule has 2 heterocycles. The van der Waals surface area contributed by atoms with Crippen LogP contribution in [0.25, 0.3) is 0 Å². The third kappa shape index (κ3) is 4.45. The first kappa shape index (κ1) is 15.8. The van der Waals surface area contributed by atoms with E-state index in [0.717, 1.165) is 45.7 Å². The minimum absolute atomic E-state index is 0.317. The van der Waals surface area contributed by atoms with E-state index in [1.165, 1.54) is 0 Å². The molecule has 4 heteroatoms. The molecule has 2 rings (SSSR count). The zero-order valence-electron chi connectivity index (χ0n) is 13.6. The summed E-state index contributed by atoms with van der Waals surface area (Å²) in [6.45, 7) is 15.3. The predicted octanol–water partition coefficient (Wildman–Crippen LogP) is 1.56. The van der Waals surface area contributed by atoms with E-state index in [-0.39, 0.29) is 0 Å². The van der Waals surface area contributed by atoms with Gasteiger partial charge < -0.3 is 10.2 Å². The third-order valence-corrected chi connectivity index (χ3v) is 4.37. The van der Waals surface area contributed by atoms with Gasteiger partial charge in [0.15, 0.2) is 0 Å². The lowest BCUT2D eigenvalue weighted by Crippen LogP contribution is -2.64. The number of carbonyl (C=O) groups excluding carboxylic acids is 1. The van der Waals surface area contributed by atoms with Crippen LogP contribution in [0.2, 0.25) is 0 Å². The lowest BCUT2D eigenvalue weighted by molar-refractivity contribution is -0.139. The van der Waals surface area contributed by atoms with Crippen molar-refractivity contribution in [1.82, 2.24) is 15.1 Å². The van der Waals surface area contributed by atoms with E-state index in [4.69, 9.17) is 0 Å². The van der Waals surface area contributed by atoms with Crippen LogP contribution in [0.1, 0.15) is 40.5 Å². The zero-order valence-corrected chi connectivity index (χ0v) is 13.6. The Labute approximate surface area is 123 Å². The topological polar surface area (TPSA) is 35.6 Å². The van der Waals surface area contributed by atoms with Crippen molar-refractivity contribution in [3.63, 3.8) is 0 Å². The van der Waals surface area contributed by atoms with E-state index in [1.807, 2.05) is 4.90 Å². The van der Waals surface area contributed by atoms with Gasteiger partial charge in [-0.1, -0.05) is 27.7 Å². The molecule has 2 aliphatic heterocycles. The second-order valence-electron chi connectivity index (χ2n) is 7.81. The van der Waals surface area contributed by atoms with Crippen molar-refractivity contribution in [3.8, 4) is 0 Å². The fourth-order valence-corrected chi connectivity index (χ4v) is 3.48. The van der Waals surface area contributed by atoms with Crippen molar-refractivity contribution in [2.45, 2.75) is 46.6 Å². The Hall–Kier alpha value is -0.610. The van der Waals surface area contributed by atoms with E-state index in [0.29, 0.717) is 29.7 Å². The number of piperazine rings is 1. The monoisotopic (exact) mass is 281 g/mol. The van der Waals surface area contributed by atoms with E-state index in [2.05, 4.69) is 37.9 Å². The van der Waals surface area contributed by atoms with Crippen LogP contribution in [-0.2, 0) is 4.79 Å². The van der Waals surface area contributed by atoms with Gasteiger partial charge in [0.25, 0.3) is 0 Å². The highest BCUT2D eigenvalue weighted by molar-refractivity contribution is 5.77. The summed E-state index contributed by atoms with van der Waals surface area (Å²) >= 11 is 0. The van der Waals surface area contributed by atoms with Gasteiger partial charge in [-0.05, 0) is 17.8 Å². The van der Waals surface area contributed by atoms with E-state index in [9.17, 15) is 4.79 Å². The van der Waals surface area contributed by atoms with Crippen molar-refractivity contribution in [2.24, 2.45) is 11.3 Å². The standard InChI is InChI=1S/C16H31N3O/c1-13(10-16(2,3)4)9-15(20)19-11-14(12-19)18-7-5-17-6-8-18/h13-14,17H,5-12H2,1-4H3. The van der Waals surface area contributed by atoms with Crippen molar-refractivity contribution < 1.29 is 4.79 Å². The van der Waals surface area contributed by atoms with Gasteiger partial charge in [0.05, 0.1) is 0 Å². The SMILES string of the molecule is CC(CC(=O)N1CC(N2CCNCC2)C1)CC(C)(C)C. The molecular weight excluding hydrogens is 250 g/mol. The number of nitrogens with zero attached hydrogens (tertiary/aromatic N) is 2. The number of amides is 1. The van der Waals surface area contributed by atoms with Gasteiger partial charge in [-0.2, -0.15) is 0 Å². The Morgan fingerprint density at radius 2 is 1.85 bits per heavy atom. The van der Waals surface area contributed by atoms with Crippen LogP contribution in [0.15, 0.2) is 0 Å². The summed E-state index contributed by atoms with van der Waals surface area (Å²) in [5, 5.41) is 3.38. The molecule has 2 fully saturated rings. The van der Waals surface area contributed by atoms with Gasteiger partial charge in [0, 0.05) is 51.7 Å². The highest BCUT2D eigenvalue weighted by Gasteiger charge is 2.35. The molecule has 1 N–H and O–H groups in total. The molecule has 0 aromatic rings. The molecule has 1 amide bonds. The number of rotatable bonds is 4. The lowest BCUT2D eigenvalue weighted by atomic mass is 9.84. The van der Waals surface area contributed by atoms with Crippen LogP contribution >= 0.6 is 0 Å². The number of likely N-dealkylation sites (tertiary alicyclic amines) is 1. The minimum atomic E-state index is 0.317. The molecular formula is C16H31N3O. The molecule has 116 valence electrons. The maximum atomic E-state index is 12.2. The molecule has 0 aromatic carbocycles. The first-order chi connectivity index (χ1) is 9.35. The maximum Gasteiger partial charge on any atom is 0.222 e. The smallest absolute Gasteiger partial charge is 0.222 e. The molecule has 1 atom stereocenters. The summed E-state index contributed by atoms with van der Waals surface area (Å²) in [5.74, 6) is 0.842. The summed E-state index contributed by atoms with van der Waals surface area (Å²) < 4.78 is 0. The second-order valence-corrected chi connectivity index (χ2v) is 7.81. The first-order valence-electron chi connectivity index (χ1n) is 8.08. The first-order valence-corrected chi connectivity index (χ1v) is 8.08. The predicted molar refractivity (Wildman–Crippen MR) is 82.7 cm³/mol. The van der Waals surface area contributed by atoms with Crippen LogP contribution < -0.4 is 5.32 Å². The van der Waals surface area contributed by atoms with E-state index in [1.54, 1.807) is 0 Å². The lowest BCUT2D eigenvalue weighted by Gasteiger charge is -2.47. The van der Waals surface area contributed by atoms with Gasteiger partial charge >= 0.3 is 0 Å². The quantitative estimate of drug-likeness (QED) is 0.849. The normalized spacial score (nSPS) is 23.5. The van der Waals surface area contributed by atoms with Crippen molar-refractivity contribution in [2.75, 3.05) is 39.3 Å². The molecule has 0 aromatic heterocycles. The van der Waals surface area contributed by atoms with Crippen LogP contribution in [0.3, 0.4) is 0 Å². The van der Waals surface area contributed by atoms with Crippen molar-refractivity contribution in [1.29, 1.82) is 0 Å². The van der Waals surface area contributed by atoms with Crippen LogP contribution in [-0.4, -0.2) is 61.0 Å². The second kappa shape index (κ2) is 6.44. The molecule has 4 nitrogen and oxygen atoms in total. The molecule has 0 saturated carbocycles. The number of hydrogen-bond acceptors (Lipinski definition) is 3. The molecule has 2 saturated heterocycles. The Balaban J connectivity index is 1.68. The molecule has 0 aliphatic carbocycles. The Kier molecular flexibility index (Phi) is 5.08. The fraction of sp³-hybridized carbons (Fsp3) is 0.938. The highest BCUT2D eigenvalue weighted by atomic mass is 16.2. The largest absolute Gasteiger partial charge is 0.339 e. The number of hydrogen-bond donors (Lipinski definition) is 1. The van der Waals surface area contributed by atoms with Crippen LogP contribution in [0, 0.1) is 11.3 Å². The fourth-order valence-electron chi connectivity index (χ4n) is 3.48. The van der Waals surface area contributed by atoms with Crippen molar-refractivity contribution in [3.05, 3.63) is 0 Å². The maximum absolute atomic E-state index is 12.2. The van der Waals surface area contributed by atoms with Gasteiger partial charge in [0.1, 0.15) is 0 Å². The molecule has 0 bridgehead atoms. The summed E-state index contributed by atoms with van der Waals surface area (Å²) in [6.07, 6.45) is 1.83. The van der Waals surface area contributed by atoms with Crippen LogP contribution in [0.4, 0.5) is 0 Å². The van der Waals surface area contributed by atoms with Gasteiger partial charge in [-0.15, -0.1) is 0 Å². The summed E-state index contributed by atoms with van der Waals surface area (Å²) in [7, 11) is 0. The average molecular weight is 281 g/mol. The van der Waals surface area contributed by atoms with Gasteiger partial charge in [-0.25, -0.2) is 0 Å². The molecule has 20 heavy (non-hydrogen) atoms. The zero-order chi connectivity index (χ0) is 14.8. The van der Waals surface area contributed by atoms with E-state index < -0.39 is 0 Å². The highest BCUT2D eigenvalue weighted by Crippen LogP contribution is 2.27. The number of carbonyl (C=O) groups is 1. The summed E-state index contributed by atoms with van der Waals surface area (Å²) in [6, 6.07) is 0.610. The van der Waals surface area contributed by atoms with Gasteiger partial charge in [-0.3, -0.25) is 9.69 Å². The minimum Gasteiger partial charge on any atom is -0.339 e. The average Bonchev–Trinajstić information content (AvgIpc) is 2.25. The van der Waals surface area contributed by atoms with Gasteiger partial charge in [0.2, 0.25) is 5.91 Å².